The molecule has 106 valence electrons. The van der Waals surface area contributed by atoms with Crippen LogP contribution in [0.3, 0.4) is 0 Å². The molecule has 0 aliphatic rings. The molecule has 2 heteroatoms. The van der Waals surface area contributed by atoms with Crippen molar-refractivity contribution >= 4 is 0 Å². The molecule has 1 unspecified atom stereocenters. The Morgan fingerprint density at radius 3 is 2.50 bits per heavy atom. The first-order valence-corrected chi connectivity index (χ1v) is 7.24. The SMILES string of the molecule is CCNC(CCc1ccc(C)c(F)c1)c1ccccc1. The zero-order valence-electron chi connectivity index (χ0n) is 12.2. The van der Waals surface area contributed by atoms with Crippen molar-refractivity contribution in [3.05, 3.63) is 71.0 Å². The van der Waals surface area contributed by atoms with E-state index in [1.165, 1.54) is 5.56 Å². The van der Waals surface area contributed by atoms with Gasteiger partial charge in [0.25, 0.3) is 0 Å². The smallest absolute Gasteiger partial charge is 0.126 e. The van der Waals surface area contributed by atoms with Crippen LogP contribution in [0, 0.1) is 12.7 Å². The fourth-order valence-corrected chi connectivity index (χ4v) is 2.42. The number of aryl methyl sites for hydroxylation is 2. The van der Waals surface area contributed by atoms with E-state index in [-0.39, 0.29) is 5.82 Å². The van der Waals surface area contributed by atoms with Crippen LogP contribution in [-0.4, -0.2) is 6.54 Å². The molecule has 1 N–H and O–H groups in total. The summed E-state index contributed by atoms with van der Waals surface area (Å²) in [6, 6.07) is 16.3. The monoisotopic (exact) mass is 271 g/mol. The molecule has 1 nitrogen and oxygen atoms in total. The van der Waals surface area contributed by atoms with Crippen LogP contribution < -0.4 is 5.32 Å². The number of hydrogen-bond donors (Lipinski definition) is 1. The molecule has 0 amide bonds. The lowest BCUT2D eigenvalue weighted by Crippen LogP contribution is -2.21. The summed E-state index contributed by atoms with van der Waals surface area (Å²) in [6.45, 7) is 4.84. The first-order valence-electron chi connectivity index (χ1n) is 7.24. The molecule has 0 spiro atoms. The van der Waals surface area contributed by atoms with Gasteiger partial charge in [-0.25, -0.2) is 4.39 Å². The average Bonchev–Trinajstić information content (AvgIpc) is 2.48. The van der Waals surface area contributed by atoms with E-state index in [4.69, 9.17) is 0 Å². The molecule has 2 aromatic carbocycles. The molecule has 0 bridgehead atoms. The van der Waals surface area contributed by atoms with E-state index in [0.29, 0.717) is 11.6 Å². The van der Waals surface area contributed by atoms with Gasteiger partial charge in [-0.1, -0.05) is 49.4 Å². The highest BCUT2D eigenvalue weighted by Gasteiger charge is 2.10. The van der Waals surface area contributed by atoms with Gasteiger partial charge in [-0.05, 0) is 49.1 Å². The second-order valence-electron chi connectivity index (χ2n) is 5.14. The summed E-state index contributed by atoms with van der Waals surface area (Å²) in [7, 11) is 0. The maximum atomic E-state index is 13.6. The Bertz CT molecular complexity index is 536. The minimum absolute atomic E-state index is 0.109. The van der Waals surface area contributed by atoms with Crippen LogP contribution in [0.15, 0.2) is 48.5 Å². The van der Waals surface area contributed by atoms with Gasteiger partial charge in [0.2, 0.25) is 0 Å². The van der Waals surface area contributed by atoms with E-state index < -0.39 is 0 Å². The Morgan fingerprint density at radius 1 is 1.10 bits per heavy atom. The Kier molecular flexibility index (Phi) is 5.31. The molecule has 0 saturated heterocycles. The molecule has 2 aromatic rings. The molecule has 0 saturated carbocycles. The fraction of sp³-hybridized carbons (Fsp3) is 0.333. The number of benzene rings is 2. The molecular weight excluding hydrogens is 249 g/mol. The van der Waals surface area contributed by atoms with Gasteiger partial charge in [0.15, 0.2) is 0 Å². The van der Waals surface area contributed by atoms with Gasteiger partial charge in [0, 0.05) is 6.04 Å². The molecule has 0 heterocycles. The second kappa shape index (κ2) is 7.20. The van der Waals surface area contributed by atoms with Crippen molar-refractivity contribution in [3.63, 3.8) is 0 Å². The number of hydrogen-bond acceptors (Lipinski definition) is 1. The molecular formula is C18H22FN. The third-order valence-corrected chi connectivity index (χ3v) is 3.61. The van der Waals surface area contributed by atoms with Crippen molar-refractivity contribution < 1.29 is 4.39 Å². The minimum atomic E-state index is -0.109. The summed E-state index contributed by atoms with van der Waals surface area (Å²) in [5.74, 6) is -0.109. The maximum Gasteiger partial charge on any atom is 0.126 e. The van der Waals surface area contributed by atoms with Crippen molar-refractivity contribution in [1.29, 1.82) is 0 Å². The Hall–Kier alpha value is -1.67. The van der Waals surface area contributed by atoms with Crippen molar-refractivity contribution in [3.8, 4) is 0 Å². The van der Waals surface area contributed by atoms with Crippen molar-refractivity contribution in [2.75, 3.05) is 6.54 Å². The van der Waals surface area contributed by atoms with Gasteiger partial charge in [-0.15, -0.1) is 0 Å². The largest absolute Gasteiger partial charge is 0.310 e. The summed E-state index contributed by atoms with van der Waals surface area (Å²) in [4.78, 5) is 0. The Balaban J connectivity index is 2.03. The summed E-state index contributed by atoms with van der Waals surface area (Å²) in [5, 5.41) is 3.50. The van der Waals surface area contributed by atoms with Crippen molar-refractivity contribution in [2.24, 2.45) is 0 Å². The molecule has 0 fully saturated rings. The first-order chi connectivity index (χ1) is 9.70. The van der Waals surface area contributed by atoms with Crippen LogP contribution in [-0.2, 0) is 6.42 Å². The Morgan fingerprint density at radius 2 is 1.85 bits per heavy atom. The summed E-state index contributed by atoms with van der Waals surface area (Å²) >= 11 is 0. The average molecular weight is 271 g/mol. The lowest BCUT2D eigenvalue weighted by Gasteiger charge is -2.18. The van der Waals surface area contributed by atoms with E-state index in [2.05, 4.69) is 36.5 Å². The van der Waals surface area contributed by atoms with Crippen LogP contribution >= 0.6 is 0 Å². The van der Waals surface area contributed by atoms with Crippen molar-refractivity contribution in [1.82, 2.24) is 5.32 Å². The molecule has 0 aliphatic heterocycles. The molecule has 20 heavy (non-hydrogen) atoms. The van der Waals surface area contributed by atoms with Gasteiger partial charge in [-0.2, -0.15) is 0 Å². The topological polar surface area (TPSA) is 12.0 Å². The second-order valence-corrected chi connectivity index (χ2v) is 5.14. The van der Waals surface area contributed by atoms with Gasteiger partial charge < -0.3 is 5.32 Å². The van der Waals surface area contributed by atoms with Gasteiger partial charge in [0.1, 0.15) is 5.82 Å². The molecule has 0 radical (unpaired) electrons. The van der Waals surface area contributed by atoms with E-state index in [9.17, 15) is 4.39 Å². The van der Waals surface area contributed by atoms with E-state index in [1.807, 2.05) is 18.2 Å². The summed E-state index contributed by atoms with van der Waals surface area (Å²) in [6.07, 6.45) is 1.85. The van der Waals surface area contributed by atoms with E-state index in [0.717, 1.165) is 24.9 Å². The summed E-state index contributed by atoms with van der Waals surface area (Å²) < 4.78 is 13.6. The van der Waals surface area contributed by atoms with Gasteiger partial charge in [-0.3, -0.25) is 0 Å². The zero-order chi connectivity index (χ0) is 14.4. The Labute approximate surface area is 120 Å². The number of nitrogens with one attached hydrogen (secondary N) is 1. The molecule has 1 atom stereocenters. The highest BCUT2D eigenvalue weighted by Crippen LogP contribution is 2.20. The quantitative estimate of drug-likeness (QED) is 0.820. The first kappa shape index (κ1) is 14.7. The highest BCUT2D eigenvalue weighted by atomic mass is 19.1. The molecule has 2 rings (SSSR count). The predicted octanol–water partition coefficient (Wildman–Crippen LogP) is 4.42. The standard InChI is InChI=1S/C18H22FN/c1-3-20-18(16-7-5-4-6-8-16)12-11-15-10-9-14(2)17(19)13-15/h4-10,13,18,20H,3,11-12H2,1-2H3. The van der Waals surface area contributed by atoms with Crippen LogP contribution in [0.4, 0.5) is 4.39 Å². The van der Waals surface area contributed by atoms with Gasteiger partial charge in [0.05, 0.1) is 0 Å². The van der Waals surface area contributed by atoms with E-state index in [1.54, 1.807) is 13.0 Å². The van der Waals surface area contributed by atoms with Crippen LogP contribution in [0.5, 0.6) is 0 Å². The highest BCUT2D eigenvalue weighted by molar-refractivity contribution is 5.24. The zero-order valence-corrected chi connectivity index (χ0v) is 12.2. The number of rotatable bonds is 6. The van der Waals surface area contributed by atoms with Crippen LogP contribution in [0.25, 0.3) is 0 Å². The predicted molar refractivity (Wildman–Crippen MR) is 82.3 cm³/mol. The van der Waals surface area contributed by atoms with Crippen LogP contribution in [0.2, 0.25) is 0 Å². The normalized spacial score (nSPS) is 12.3. The lowest BCUT2D eigenvalue weighted by molar-refractivity contribution is 0.514. The van der Waals surface area contributed by atoms with Gasteiger partial charge >= 0.3 is 0 Å². The third-order valence-electron chi connectivity index (χ3n) is 3.61. The molecule has 0 aliphatic carbocycles. The fourth-order valence-electron chi connectivity index (χ4n) is 2.42. The molecule has 0 aromatic heterocycles. The van der Waals surface area contributed by atoms with E-state index >= 15 is 0 Å². The maximum absolute atomic E-state index is 13.6. The van der Waals surface area contributed by atoms with Crippen molar-refractivity contribution in [2.45, 2.75) is 32.7 Å². The third kappa shape index (κ3) is 3.91. The lowest BCUT2D eigenvalue weighted by atomic mass is 9.98. The van der Waals surface area contributed by atoms with Crippen LogP contribution in [0.1, 0.15) is 36.1 Å². The minimum Gasteiger partial charge on any atom is -0.310 e. The number of halogens is 1. The summed E-state index contributed by atoms with van der Waals surface area (Å²) in [5.41, 5.74) is 3.06.